The van der Waals surface area contributed by atoms with Crippen LogP contribution in [-0.4, -0.2) is 40.2 Å². The van der Waals surface area contributed by atoms with Crippen LogP contribution in [0.15, 0.2) is 18.2 Å². The molecule has 104 valence electrons. The number of nitrogens with zero attached hydrogens (tertiary/aromatic N) is 1. The number of carbonyl (C=O) groups excluding carboxylic acids is 1. The molecule has 3 N–H and O–H groups in total. The fourth-order valence-electron chi connectivity index (χ4n) is 2.35. The number of phenolic OH excluding ortho intramolecular Hbond substituents is 2. The van der Waals surface area contributed by atoms with Crippen molar-refractivity contribution < 1.29 is 15.0 Å². The monoisotopic (exact) mass is 264 g/mol. The van der Waals surface area contributed by atoms with Crippen molar-refractivity contribution >= 4 is 5.91 Å². The van der Waals surface area contributed by atoms with Crippen LogP contribution < -0.4 is 5.32 Å². The van der Waals surface area contributed by atoms with Gasteiger partial charge < -0.3 is 20.4 Å². The second-order valence-electron chi connectivity index (χ2n) is 4.97. The number of rotatable bonds is 3. The van der Waals surface area contributed by atoms with E-state index < -0.39 is 0 Å². The first-order valence-corrected chi connectivity index (χ1v) is 6.56. The number of benzene rings is 1. The first kappa shape index (κ1) is 13.7. The van der Waals surface area contributed by atoms with Gasteiger partial charge in [-0.25, -0.2) is 0 Å². The van der Waals surface area contributed by atoms with Gasteiger partial charge in [-0.1, -0.05) is 6.07 Å². The number of aromatic hydroxyl groups is 2. The predicted octanol–water partition coefficient (Wildman–Crippen LogP) is 1.20. The van der Waals surface area contributed by atoms with Crippen LogP contribution in [0, 0.1) is 0 Å². The Labute approximate surface area is 112 Å². The first-order valence-electron chi connectivity index (χ1n) is 6.56. The minimum Gasteiger partial charge on any atom is -0.508 e. The average molecular weight is 264 g/mol. The van der Waals surface area contributed by atoms with Crippen molar-refractivity contribution in [1.82, 2.24) is 10.2 Å². The molecule has 0 unspecified atom stereocenters. The number of hydrogen-bond acceptors (Lipinski definition) is 4. The Morgan fingerprint density at radius 2 is 2.05 bits per heavy atom. The standard InChI is InChI=1S/C14H20N2O3/c1-10(17)16-6-4-12(5-7-16)15-9-11-2-3-13(18)8-14(11)19/h2-3,8,12,15,18-19H,4-7,9H2,1H3. The average Bonchev–Trinajstić information content (AvgIpc) is 2.38. The lowest BCUT2D eigenvalue weighted by Gasteiger charge is -2.31. The Morgan fingerprint density at radius 1 is 1.37 bits per heavy atom. The van der Waals surface area contributed by atoms with Crippen molar-refractivity contribution in [3.8, 4) is 11.5 Å². The fourth-order valence-corrected chi connectivity index (χ4v) is 2.35. The zero-order chi connectivity index (χ0) is 13.8. The molecule has 1 fully saturated rings. The number of phenols is 2. The Bertz CT molecular complexity index is 454. The first-order chi connectivity index (χ1) is 9.06. The summed E-state index contributed by atoms with van der Waals surface area (Å²) in [5.41, 5.74) is 0.770. The normalized spacial score (nSPS) is 16.6. The van der Waals surface area contributed by atoms with Gasteiger partial charge in [-0.05, 0) is 18.9 Å². The van der Waals surface area contributed by atoms with Gasteiger partial charge in [0.05, 0.1) is 0 Å². The quantitative estimate of drug-likeness (QED) is 0.767. The summed E-state index contributed by atoms with van der Waals surface area (Å²) >= 11 is 0. The third-order valence-corrected chi connectivity index (χ3v) is 3.59. The molecule has 0 radical (unpaired) electrons. The van der Waals surface area contributed by atoms with Gasteiger partial charge in [-0.2, -0.15) is 0 Å². The fraction of sp³-hybridized carbons (Fsp3) is 0.500. The van der Waals surface area contributed by atoms with Gasteiger partial charge in [0.15, 0.2) is 0 Å². The van der Waals surface area contributed by atoms with E-state index in [2.05, 4.69) is 5.32 Å². The number of hydrogen-bond donors (Lipinski definition) is 3. The van der Waals surface area contributed by atoms with Crippen molar-refractivity contribution in [3.05, 3.63) is 23.8 Å². The molecule has 2 rings (SSSR count). The summed E-state index contributed by atoms with van der Waals surface area (Å²) in [4.78, 5) is 13.1. The Morgan fingerprint density at radius 3 is 2.63 bits per heavy atom. The summed E-state index contributed by atoms with van der Waals surface area (Å²) in [5.74, 6) is 0.305. The number of amides is 1. The molecule has 19 heavy (non-hydrogen) atoms. The highest BCUT2D eigenvalue weighted by molar-refractivity contribution is 5.73. The van der Waals surface area contributed by atoms with Crippen LogP contribution >= 0.6 is 0 Å². The molecule has 0 saturated carbocycles. The summed E-state index contributed by atoms with van der Waals surface area (Å²) in [6.07, 6.45) is 1.86. The van der Waals surface area contributed by atoms with E-state index in [1.54, 1.807) is 19.1 Å². The smallest absolute Gasteiger partial charge is 0.219 e. The molecule has 1 aromatic rings. The number of piperidine rings is 1. The molecule has 0 atom stereocenters. The molecule has 1 saturated heterocycles. The van der Waals surface area contributed by atoms with E-state index in [1.165, 1.54) is 6.07 Å². The van der Waals surface area contributed by atoms with Gasteiger partial charge in [-0.15, -0.1) is 0 Å². The third kappa shape index (κ3) is 3.61. The summed E-state index contributed by atoms with van der Waals surface area (Å²) in [6.45, 7) is 3.74. The second kappa shape index (κ2) is 5.93. The van der Waals surface area contributed by atoms with Crippen LogP contribution in [0.4, 0.5) is 0 Å². The van der Waals surface area contributed by atoms with E-state index in [-0.39, 0.29) is 17.4 Å². The van der Waals surface area contributed by atoms with Crippen molar-refractivity contribution in [2.75, 3.05) is 13.1 Å². The molecule has 1 aliphatic rings. The van der Waals surface area contributed by atoms with Gasteiger partial charge >= 0.3 is 0 Å². The van der Waals surface area contributed by atoms with Crippen molar-refractivity contribution in [1.29, 1.82) is 0 Å². The lowest BCUT2D eigenvalue weighted by molar-refractivity contribution is -0.129. The maximum absolute atomic E-state index is 11.2. The molecule has 1 aromatic carbocycles. The lowest BCUT2D eigenvalue weighted by atomic mass is 10.0. The molecule has 0 aliphatic carbocycles. The zero-order valence-electron chi connectivity index (χ0n) is 11.1. The largest absolute Gasteiger partial charge is 0.508 e. The van der Waals surface area contributed by atoms with E-state index in [0.29, 0.717) is 12.6 Å². The van der Waals surface area contributed by atoms with Crippen LogP contribution in [0.25, 0.3) is 0 Å². The minimum atomic E-state index is 0.0658. The molecule has 0 aromatic heterocycles. The van der Waals surface area contributed by atoms with Crippen molar-refractivity contribution in [2.45, 2.75) is 32.4 Å². The van der Waals surface area contributed by atoms with Crippen LogP contribution in [0.3, 0.4) is 0 Å². The molecule has 0 spiro atoms. The summed E-state index contributed by atoms with van der Waals surface area (Å²) in [6, 6.07) is 4.98. The Hall–Kier alpha value is -1.75. The van der Waals surface area contributed by atoms with Crippen LogP contribution in [0.1, 0.15) is 25.3 Å². The molecule has 0 bridgehead atoms. The van der Waals surface area contributed by atoms with Crippen LogP contribution in [0.2, 0.25) is 0 Å². The third-order valence-electron chi connectivity index (χ3n) is 3.59. The highest BCUT2D eigenvalue weighted by atomic mass is 16.3. The Balaban J connectivity index is 1.82. The van der Waals surface area contributed by atoms with Gasteiger partial charge in [0.2, 0.25) is 5.91 Å². The maximum atomic E-state index is 11.2. The van der Waals surface area contributed by atoms with E-state index in [1.807, 2.05) is 4.90 Å². The van der Waals surface area contributed by atoms with Crippen LogP contribution in [0.5, 0.6) is 11.5 Å². The van der Waals surface area contributed by atoms with E-state index in [9.17, 15) is 15.0 Å². The van der Waals surface area contributed by atoms with Gasteiger partial charge in [0, 0.05) is 44.2 Å². The summed E-state index contributed by atoms with van der Waals surface area (Å²) < 4.78 is 0. The predicted molar refractivity (Wildman–Crippen MR) is 71.9 cm³/mol. The number of carbonyl (C=O) groups is 1. The van der Waals surface area contributed by atoms with Crippen molar-refractivity contribution in [2.24, 2.45) is 0 Å². The molecule has 5 heteroatoms. The highest BCUT2D eigenvalue weighted by Crippen LogP contribution is 2.22. The maximum Gasteiger partial charge on any atom is 0.219 e. The van der Waals surface area contributed by atoms with E-state index in [0.717, 1.165) is 31.5 Å². The molecule has 1 heterocycles. The second-order valence-corrected chi connectivity index (χ2v) is 4.97. The molecule has 1 amide bonds. The molecular formula is C14H20N2O3. The minimum absolute atomic E-state index is 0.0658. The van der Waals surface area contributed by atoms with Crippen molar-refractivity contribution in [3.63, 3.8) is 0 Å². The highest BCUT2D eigenvalue weighted by Gasteiger charge is 2.20. The molecule has 1 aliphatic heterocycles. The van der Waals surface area contributed by atoms with E-state index in [4.69, 9.17) is 0 Å². The number of likely N-dealkylation sites (tertiary alicyclic amines) is 1. The van der Waals surface area contributed by atoms with Crippen LogP contribution in [-0.2, 0) is 11.3 Å². The van der Waals surface area contributed by atoms with Gasteiger partial charge in [-0.3, -0.25) is 4.79 Å². The summed E-state index contributed by atoms with van der Waals surface area (Å²) in [5, 5.41) is 22.3. The zero-order valence-corrected chi connectivity index (χ0v) is 11.1. The van der Waals surface area contributed by atoms with E-state index >= 15 is 0 Å². The Kier molecular flexibility index (Phi) is 4.27. The molecular weight excluding hydrogens is 244 g/mol. The lowest BCUT2D eigenvalue weighted by Crippen LogP contribution is -2.43. The molecule has 5 nitrogen and oxygen atoms in total. The summed E-state index contributed by atoms with van der Waals surface area (Å²) in [7, 11) is 0. The SMILES string of the molecule is CC(=O)N1CCC(NCc2ccc(O)cc2O)CC1. The topological polar surface area (TPSA) is 72.8 Å². The van der Waals surface area contributed by atoms with Gasteiger partial charge in [0.25, 0.3) is 0 Å². The number of nitrogens with one attached hydrogen (secondary N) is 1. The van der Waals surface area contributed by atoms with Gasteiger partial charge in [0.1, 0.15) is 11.5 Å².